The first-order chi connectivity index (χ1) is 9.58. The van der Waals surface area contributed by atoms with Crippen molar-refractivity contribution >= 4 is 27.5 Å². The maximum atomic E-state index is 12.0. The van der Waals surface area contributed by atoms with Gasteiger partial charge in [0.25, 0.3) is 0 Å². The molecule has 0 aliphatic heterocycles. The van der Waals surface area contributed by atoms with Gasteiger partial charge in [-0.3, -0.25) is 4.79 Å². The fourth-order valence-corrected chi connectivity index (χ4v) is 2.28. The van der Waals surface area contributed by atoms with Gasteiger partial charge >= 0.3 is 0 Å². The summed E-state index contributed by atoms with van der Waals surface area (Å²) in [6, 6.07) is 5.79. The van der Waals surface area contributed by atoms with Crippen molar-refractivity contribution in [2.24, 2.45) is 0 Å². The lowest BCUT2D eigenvalue weighted by Gasteiger charge is -2.17. The molecule has 0 saturated heterocycles. The summed E-state index contributed by atoms with van der Waals surface area (Å²) in [5.41, 5.74) is 2.20. The summed E-state index contributed by atoms with van der Waals surface area (Å²) < 4.78 is 6.00. The number of benzene rings is 1. The van der Waals surface area contributed by atoms with E-state index in [2.05, 4.69) is 39.6 Å². The van der Waals surface area contributed by atoms with Crippen LogP contribution in [0.5, 0.6) is 0 Å². The highest BCUT2D eigenvalue weighted by Gasteiger charge is 2.13. The monoisotopic (exact) mass is 342 g/mol. The maximum absolute atomic E-state index is 12.0. The zero-order valence-corrected chi connectivity index (χ0v) is 13.9. The lowest BCUT2D eigenvalue weighted by molar-refractivity contribution is -0.121. The highest BCUT2D eigenvalue weighted by molar-refractivity contribution is 9.10. The number of rotatable bonds is 8. The van der Waals surface area contributed by atoms with Crippen molar-refractivity contribution in [2.75, 3.05) is 25.6 Å². The van der Waals surface area contributed by atoms with Crippen molar-refractivity contribution in [1.82, 2.24) is 5.32 Å². The van der Waals surface area contributed by atoms with Crippen LogP contribution in [0.2, 0.25) is 0 Å². The predicted molar refractivity (Wildman–Crippen MR) is 86.1 cm³/mol. The normalized spacial score (nSPS) is 12.0. The molecule has 1 aromatic rings. The molecule has 1 amide bonds. The summed E-state index contributed by atoms with van der Waals surface area (Å²) in [4.78, 5) is 12.0. The highest BCUT2D eigenvalue weighted by Crippen LogP contribution is 2.22. The number of aryl methyl sites for hydroxylation is 1. The molecule has 1 aromatic carbocycles. The number of carbonyl (C=O) groups excluding carboxylic acids is 1. The topological polar surface area (TPSA) is 50.4 Å². The number of hydrogen-bond donors (Lipinski definition) is 2. The molecular formula is C15H23BrN2O2. The summed E-state index contributed by atoms with van der Waals surface area (Å²) in [6.45, 7) is 5.27. The van der Waals surface area contributed by atoms with Gasteiger partial charge in [-0.2, -0.15) is 0 Å². The van der Waals surface area contributed by atoms with Crippen molar-refractivity contribution in [3.05, 3.63) is 28.2 Å². The van der Waals surface area contributed by atoms with Gasteiger partial charge in [-0.05, 0) is 43.5 Å². The van der Waals surface area contributed by atoms with Gasteiger partial charge in [0.2, 0.25) is 5.91 Å². The minimum Gasteiger partial charge on any atom is -0.385 e. The fraction of sp³-hybridized carbons (Fsp3) is 0.533. The van der Waals surface area contributed by atoms with Gasteiger partial charge in [0.15, 0.2) is 0 Å². The third-order valence-electron chi connectivity index (χ3n) is 3.04. The van der Waals surface area contributed by atoms with Crippen LogP contribution >= 0.6 is 15.9 Å². The van der Waals surface area contributed by atoms with E-state index >= 15 is 0 Å². The van der Waals surface area contributed by atoms with Gasteiger partial charge in [-0.1, -0.05) is 22.9 Å². The third kappa shape index (κ3) is 5.51. The molecule has 0 saturated carbocycles. The predicted octanol–water partition coefficient (Wildman–Crippen LogP) is 2.96. The number of nitrogens with one attached hydrogen (secondary N) is 2. The molecule has 0 aromatic heterocycles. The fourth-order valence-electron chi connectivity index (χ4n) is 1.88. The molecule has 0 radical (unpaired) electrons. The number of ether oxygens (including phenoxy) is 1. The summed E-state index contributed by atoms with van der Waals surface area (Å²) in [5.74, 6) is 0.00562. The molecule has 112 valence electrons. The van der Waals surface area contributed by atoms with Gasteiger partial charge in [0.05, 0.1) is 0 Å². The maximum Gasteiger partial charge on any atom is 0.242 e. The Morgan fingerprint density at radius 3 is 2.85 bits per heavy atom. The summed E-state index contributed by atoms with van der Waals surface area (Å²) in [7, 11) is 1.66. The van der Waals surface area contributed by atoms with Gasteiger partial charge in [-0.25, -0.2) is 0 Å². The molecular weight excluding hydrogens is 320 g/mol. The Balaban J connectivity index is 2.52. The molecule has 0 aliphatic rings. The van der Waals surface area contributed by atoms with E-state index in [-0.39, 0.29) is 11.9 Å². The Hall–Kier alpha value is -1.07. The summed E-state index contributed by atoms with van der Waals surface area (Å²) in [5, 5.41) is 6.16. The average molecular weight is 343 g/mol. The number of amides is 1. The van der Waals surface area contributed by atoms with Crippen LogP contribution in [0.25, 0.3) is 0 Å². The number of hydrogen-bond acceptors (Lipinski definition) is 3. The minimum atomic E-state index is -0.260. The summed E-state index contributed by atoms with van der Waals surface area (Å²) in [6.07, 6.45) is 1.75. The average Bonchev–Trinajstić information content (AvgIpc) is 2.45. The van der Waals surface area contributed by atoms with Crippen molar-refractivity contribution in [1.29, 1.82) is 0 Å². The van der Waals surface area contributed by atoms with Crippen LogP contribution in [0.1, 0.15) is 25.8 Å². The van der Waals surface area contributed by atoms with E-state index in [9.17, 15) is 4.79 Å². The van der Waals surface area contributed by atoms with Crippen molar-refractivity contribution in [3.63, 3.8) is 0 Å². The van der Waals surface area contributed by atoms with Crippen LogP contribution in [0, 0.1) is 0 Å². The first kappa shape index (κ1) is 17.0. The molecule has 0 bridgehead atoms. The lowest BCUT2D eigenvalue weighted by atomic mass is 10.1. The number of carbonyl (C=O) groups is 1. The van der Waals surface area contributed by atoms with E-state index in [1.165, 1.54) is 5.56 Å². The van der Waals surface area contributed by atoms with Crippen LogP contribution in [0.3, 0.4) is 0 Å². The molecule has 0 spiro atoms. The largest absolute Gasteiger partial charge is 0.385 e. The molecule has 0 heterocycles. The second kappa shape index (κ2) is 8.97. The molecule has 20 heavy (non-hydrogen) atoms. The van der Waals surface area contributed by atoms with Gasteiger partial charge in [0, 0.05) is 30.4 Å². The SMILES string of the molecule is CCc1cc(Br)ccc1NC(C)C(=O)NCCCOC. The third-order valence-corrected chi connectivity index (χ3v) is 3.53. The van der Waals surface area contributed by atoms with Gasteiger partial charge in [0.1, 0.15) is 6.04 Å². The molecule has 1 unspecified atom stereocenters. The first-order valence-electron chi connectivity index (χ1n) is 6.90. The number of methoxy groups -OCH3 is 1. The van der Waals surface area contributed by atoms with Gasteiger partial charge in [-0.15, -0.1) is 0 Å². The van der Waals surface area contributed by atoms with Crippen molar-refractivity contribution < 1.29 is 9.53 Å². The molecule has 4 nitrogen and oxygen atoms in total. The second-order valence-electron chi connectivity index (χ2n) is 4.66. The van der Waals surface area contributed by atoms with E-state index in [0.29, 0.717) is 13.2 Å². The Labute approximate surface area is 129 Å². The highest BCUT2D eigenvalue weighted by atomic mass is 79.9. The molecule has 0 fully saturated rings. The van der Waals surface area contributed by atoms with Crippen LogP contribution in [0.15, 0.2) is 22.7 Å². The first-order valence-corrected chi connectivity index (χ1v) is 7.69. The molecule has 1 rings (SSSR count). The molecule has 5 heteroatoms. The van der Waals surface area contributed by atoms with Crippen LogP contribution in [-0.2, 0) is 16.0 Å². The standard InChI is InChI=1S/C15H23BrN2O2/c1-4-12-10-13(16)6-7-14(12)18-11(2)15(19)17-8-5-9-20-3/h6-7,10-11,18H,4-5,8-9H2,1-3H3,(H,17,19). The van der Waals surface area contributed by atoms with E-state index in [4.69, 9.17) is 4.74 Å². The minimum absolute atomic E-state index is 0.00562. The zero-order valence-electron chi connectivity index (χ0n) is 12.3. The van der Waals surface area contributed by atoms with Gasteiger partial charge < -0.3 is 15.4 Å². The summed E-state index contributed by atoms with van der Waals surface area (Å²) >= 11 is 3.46. The van der Waals surface area contributed by atoms with E-state index < -0.39 is 0 Å². The Kier molecular flexibility index (Phi) is 7.62. The van der Waals surface area contributed by atoms with E-state index in [1.807, 2.05) is 19.1 Å². The van der Waals surface area contributed by atoms with Crippen LogP contribution in [0.4, 0.5) is 5.69 Å². The van der Waals surface area contributed by atoms with Crippen LogP contribution < -0.4 is 10.6 Å². The molecule has 2 N–H and O–H groups in total. The van der Waals surface area contributed by atoms with Crippen molar-refractivity contribution in [3.8, 4) is 0 Å². The number of halogens is 1. The Morgan fingerprint density at radius 2 is 2.20 bits per heavy atom. The molecule has 1 atom stereocenters. The number of anilines is 1. The Bertz CT molecular complexity index is 438. The Morgan fingerprint density at radius 1 is 1.45 bits per heavy atom. The smallest absolute Gasteiger partial charge is 0.242 e. The second-order valence-corrected chi connectivity index (χ2v) is 5.57. The van der Waals surface area contributed by atoms with Crippen molar-refractivity contribution in [2.45, 2.75) is 32.7 Å². The van der Waals surface area contributed by atoms with E-state index in [0.717, 1.165) is 23.0 Å². The molecule has 0 aliphatic carbocycles. The van der Waals surface area contributed by atoms with Crippen LogP contribution in [-0.4, -0.2) is 32.2 Å². The lowest BCUT2D eigenvalue weighted by Crippen LogP contribution is -2.38. The van der Waals surface area contributed by atoms with E-state index in [1.54, 1.807) is 7.11 Å². The zero-order chi connectivity index (χ0) is 15.0. The quantitative estimate of drug-likeness (QED) is 0.714.